The molecule has 0 spiro atoms. The third-order valence-corrected chi connectivity index (χ3v) is 6.85. The SMILES string of the molecule is O=S(=O)(C(c1ccc(Cl)cn1)S(=O)(=O)C(F)(F)F)C(F)(F)F. The van der Waals surface area contributed by atoms with Gasteiger partial charge in [-0.05, 0) is 12.1 Å². The summed E-state index contributed by atoms with van der Waals surface area (Å²) in [6.45, 7) is 0. The van der Waals surface area contributed by atoms with Gasteiger partial charge < -0.3 is 0 Å². The van der Waals surface area contributed by atoms with Crippen LogP contribution in [0.25, 0.3) is 0 Å². The number of halogens is 7. The second kappa shape index (κ2) is 5.53. The zero-order valence-electron chi connectivity index (χ0n) is 9.85. The van der Waals surface area contributed by atoms with Crippen LogP contribution in [0.1, 0.15) is 10.3 Å². The number of nitrogens with zero attached hydrogens (tertiary/aromatic N) is 1. The largest absolute Gasteiger partial charge is 0.499 e. The van der Waals surface area contributed by atoms with Crippen molar-refractivity contribution in [3.8, 4) is 0 Å². The lowest BCUT2D eigenvalue weighted by Gasteiger charge is -2.20. The van der Waals surface area contributed by atoms with E-state index in [-0.39, 0.29) is 5.02 Å². The maximum Gasteiger partial charge on any atom is 0.499 e. The predicted molar refractivity (Wildman–Crippen MR) is 61.9 cm³/mol. The fourth-order valence-corrected chi connectivity index (χ4v) is 4.75. The Hall–Kier alpha value is -1.08. The van der Waals surface area contributed by atoms with Crippen LogP contribution in [0.2, 0.25) is 5.02 Å². The molecule has 1 heterocycles. The molecule has 1 aromatic heterocycles. The van der Waals surface area contributed by atoms with Crippen LogP contribution in [-0.2, 0) is 19.7 Å². The van der Waals surface area contributed by atoms with Gasteiger partial charge >= 0.3 is 11.0 Å². The summed E-state index contributed by atoms with van der Waals surface area (Å²) in [7, 11) is -13.5. The Morgan fingerprint density at radius 1 is 0.909 bits per heavy atom. The summed E-state index contributed by atoms with van der Waals surface area (Å²) in [6, 6.07) is 1.05. The van der Waals surface area contributed by atoms with E-state index in [9.17, 15) is 43.2 Å². The van der Waals surface area contributed by atoms with E-state index in [1.807, 2.05) is 0 Å². The third kappa shape index (κ3) is 3.30. The van der Waals surface area contributed by atoms with Crippen molar-refractivity contribution in [1.29, 1.82) is 0 Å². The summed E-state index contributed by atoms with van der Waals surface area (Å²) < 4.78 is 116. The fraction of sp³-hybridized carbons (Fsp3) is 0.375. The van der Waals surface area contributed by atoms with Crippen molar-refractivity contribution in [3.05, 3.63) is 29.0 Å². The van der Waals surface area contributed by atoms with E-state index in [2.05, 4.69) is 4.98 Å². The van der Waals surface area contributed by atoms with Crippen molar-refractivity contribution >= 4 is 31.3 Å². The molecule has 0 saturated heterocycles. The Morgan fingerprint density at radius 2 is 1.32 bits per heavy atom. The molecule has 0 fully saturated rings. The minimum Gasteiger partial charge on any atom is -0.257 e. The van der Waals surface area contributed by atoms with Crippen molar-refractivity contribution in [3.63, 3.8) is 0 Å². The topological polar surface area (TPSA) is 81.2 Å². The number of aromatic nitrogens is 1. The third-order valence-electron chi connectivity index (χ3n) is 2.20. The smallest absolute Gasteiger partial charge is 0.257 e. The lowest BCUT2D eigenvalue weighted by molar-refractivity contribution is -0.0472. The average Bonchev–Trinajstić information content (AvgIpc) is 2.28. The molecular formula is C8H4ClF6NO4S2. The van der Waals surface area contributed by atoms with E-state index < -0.39 is 41.0 Å². The Balaban J connectivity index is 3.73. The minimum absolute atomic E-state index is 0.253. The van der Waals surface area contributed by atoms with Crippen LogP contribution < -0.4 is 0 Å². The maximum absolute atomic E-state index is 12.5. The molecule has 0 aromatic carbocycles. The minimum atomic E-state index is -6.76. The summed E-state index contributed by atoms with van der Waals surface area (Å²) in [4.78, 5) is 2.95. The number of alkyl halides is 6. The van der Waals surface area contributed by atoms with E-state index in [0.29, 0.717) is 18.3 Å². The first-order chi connectivity index (χ1) is 9.62. The molecule has 0 radical (unpaired) electrons. The summed E-state index contributed by atoms with van der Waals surface area (Å²) in [5.74, 6) is 0. The lowest BCUT2D eigenvalue weighted by Crippen LogP contribution is -2.39. The molecule has 0 aliphatic rings. The van der Waals surface area contributed by atoms with E-state index in [1.54, 1.807) is 0 Å². The van der Waals surface area contributed by atoms with Crippen LogP contribution in [0.4, 0.5) is 26.3 Å². The van der Waals surface area contributed by atoms with E-state index in [0.717, 1.165) is 0 Å². The van der Waals surface area contributed by atoms with Gasteiger partial charge in [0.25, 0.3) is 19.7 Å². The molecule has 126 valence electrons. The average molecular weight is 392 g/mol. The van der Waals surface area contributed by atoms with Gasteiger partial charge in [0.15, 0.2) is 0 Å². The highest BCUT2D eigenvalue weighted by Gasteiger charge is 2.64. The van der Waals surface area contributed by atoms with Crippen LogP contribution in [0.5, 0.6) is 0 Å². The van der Waals surface area contributed by atoms with Crippen molar-refractivity contribution in [2.45, 2.75) is 15.6 Å². The van der Waals surface area contributed by atoms with Crippen molar-refractivity contribution in [2.24, 2.45) is 0 Å². The molecule has 0 aliphatic heterocycles. The van der Waals surface area contributed by atoms with Crippen LogP contribution >= 0.6 is 11.6 Å². The number of hydrogen-bond acceptors (Lipinski definition) is 5. The zero-order valence-corrected chi connectivity index (χ0v) is 12.2. The monoisotopic (exact) mass is 391 g/mol. The number of sulfone groups is 2. The molecule has 0 amide bonds. The Morgan fingerprint density at radius 3 is 1.59 bits per heavy atom. The van der Waals surface area contributed by atoms with Crippen LogP contribution in [0.15, 0.2) is 18.3 Å². The van der Waals surface area contributed by atoms with E-state index >= 15 is 0 Å². The maximum atomic E-state index is 12.5. The van der Waals surface area contributed by atoms with E-state index in [1.165, 1.54) is 0 Å². The normalized spacial score (nSPS) is 14.4. The lowest BCUT2D eigenvalue weighted by atomic mass is 10.4. The fourth-order valence-electron chi connectivity index (χ4n) is 1.25. The zero-order chi connectivity index (χ0) is 17.6. The second-order valence-corrected chi connectivity index (χ2v) is 8.50. The summed E-state index contributed by atoms with van der Waals surface area (Å²) in [5, 5.41) is -0.253. The summed E-state index contributed by atoms with van der Waals surface area (Å²) in [6.07, 6.45) is 0.516. The van der Waals surface area contributed by atoms with Crippen LogP contribution in [-0.4, -0.2) is 32.8 Å². The Bertz CT molecular complexity index is 709. The highest BCUT2D eigenvalue weighted by molar-refractivity contribution is 8.09. The van der Waals surface area contributed by atoms with Crippen molar-refractivity contribution < 1.29 is 43.2 Å². The number of rotatable bonds is 3. The van der Waals surface area contributed by atoms with Gasteiger partial charge in [-0.1, -0.05) is 11.6 Å². The summed E-state index contributed by atoms with van der Waals surface area (Å²) >= 11 is 5.32. The van der Waals surface area contributed by atoms with Gasteiger partial charge in [0.2, 0.25) is 4.58 Å². The highest BCUT2D eigenvalue weighted by atomic mass is 35.5. The number of pyridine rings is 1. The van der Waals surface area contributed by atoms with Gasteiger partial charge in [-0.2, -0.15) is 26.3 Å². The molecule has 0 bridgehead atoms. The standard InChI is InChI=1S/C8H4ClF6NO4S2/c9-4-1-2-5(16-3-4)6(21(17,18)7(10,11)12)22(19,20)8(13,14)15/h1-3,6H. The van der Waals surface area contributed by atoms with Gasteiger partial charge in [-0.15, -0.1) is 0 Å². The molecular weight excluding hydrogens is 388 g/mol. The molecule has 0 saturated carbocycles. The molecule has 0 unspecified atom stereocenters. The van der Waals surface area contributed by atoms with Crippen LogP contribution in [0.3, 0.4) is 0 Å². The molecule has 0 atom stereocenters. The first kappa shape index (κ1) is 19.0. The first-order valence-corrected chi connectivity index (χ1v) is 8.31. The molecule has 1 rings (SSSR count). The second-order valence-electron chi connectivity index (χ2n) is 3.71. The molecule has 0 N–H and O–H groups in total. The Labute approximate surface area is 124 Å². The Kier molecular flexibility index (Phi) is 4.76. The molecule has 14 heteroatoms. The first-order valence-electron chi connectivity index (χ1n) is 4.84. The number of hydrogen-bond donors (Lipinski definition) is 0. The van der Waals surface area contributed by atoms with Crippen molar-refractivity contribution in [2.75, 3.05) is 0 Å². The quantitative estimate of drug-likeness (QED) is 0.740. The van der Waals surface area contributed by atoms with E-state index in [4.69, 9.17) is 11.6 Å². The predicted octanol–water partition coefficient (Wildman–Crippen LogP) is 2.60. The summed E-state index contributed by atoms with van der Waals surface area (Å²) in [5.41, 5.74) is -14.0. The van der Waals surface area contributed by atoms with Gasteiger partial charge in [-0.3, -0.25) is 4.98 Å². The van der Waals surface area contributed by atoms with Gasteiger partial charge in [0, 0.05) is 6.20 Å². The molecule has 5 nitrogen and oxygen atoms in total. The van der Waals surface area contributed by atoms with Gasteiger partial charge in [-0.25, -0.2) is 16.8 Å². The van der Waals surface area contributed by atoms with Gasteiger partial charge in [0.1, 0.15) is 0 Å². The molecule has 22 heavy (non-hydrogen) atoms. The van der Waals surface area contributed by atoms with Gasteiger partial charge in [0.05, 0.1) is 10.7 Å². The molecule has 1 aromatic rings. The highest BCUT2D eigenvalue weighted by Crippen LogP contribution is 2.44. The molecule has 0 aliphatic carbocycles. The van der Waals surface area contributed by atoms with Crippen molar-refractivity contribution in [1.82, 2.24) is 4.98 Å². The van der Waals surface area contributed by atoms with Crippen LogP contribution in [0, 0.1) is 0 Å².